The molecule has 0 spiro atoms. The van der Waals surface area contributed by atoms with Crippen molar-refractivity contribution >= 4 is 44.6 Å². The molecule has 0 saturated carbocycles. The lowest BCUT2D eigenvalue weighted by Crippen LogP contribution is -2.30. The summed E-state index contributed by atoms with van der Waals surface area (Å²) in [5.41, 5.74) is 1.54. The summed E-state index contributed by atoms with van der Waals surface area (Å²) in [5, 5.41) is 8.85. The highest BCUT2D eigenvalue weighted by atomic mass is 32.1. The molecule has 7 heteroatoms. The number of hydrogen-bond donors (Lipinski definition) is 1. The largest absolute Gasteiger partial charge is 0.351 e. The van der Waals surface area contributed by atoms with E-state index in [1.807, 2.05) is 17.0 Å². The van der Waals surface area contributed by atoms with Crippen molar-refractivity contribution in [3.05, 3.63) is 40.7 Å². The Balaban J connectivity index is 1.35. The minimum atomic E-state index is -0.153. The predicted octanol–water partition coefficient (Wildman–Crippen LogP) is 3.77. The number of hydrogen-bond acceptors (Lipinski definition) is 5. The summed E-state index contributed by atoms with van der Waals surface area (Å²) in [5.74, 6) is 0.0724. The Labute approximate surface area is 159 Å². The van der Waals surface area contributed by atoms with E-state index in [0.717, 1.165) is 30.0 Å². The number of benzene rings is 1. The number of nitrogens with zero attached hydrogens (tertiary/aromatic N) is 2. The summed E-state index contributed by atoms with van der Waals surface area (Å²) in [6.45, 7) is 2.11. The molecule has 0 radical (unpaired) electrons. The maximum Gasteiger partial charge on any atom is 0.270 e. The Morgan fingerprint density at radius 3 is 2.96 bits per heavy atom. The highest BCUT2D eigenvalue weighted by molar-refractivity contribution is 7.19. The summed E-state index contributed by atoms with van der Waals surface area (Å²) in [6.07, 6.45) is 2.37. The molecule has 1 fully saturated rings. The maximum absolute atomic E-state index is 12.3. The van der Waals surface area contributed by atoms with Gasteiger partial charge in [-0.05, 0) is 18.9 Å². The van der Waals surface area contributed by atoms with Gasteiger partial charge >= 0.3 is 0 Å². The molecule has 0 unspecified atom stereocenters. The van der Waals surface area contributed by atoms with Crippen LogP contribution in [0, 0.1) is 0 Å². The highest BCUT2D eigenvalue weighted by Crippen LogP contribution is 2.35. The Bertz CT molecular complexity index is 947. The Morgan fingerprint density at radius 2 is 2.12 bits per heavy atom. The first-order chi connectivity index (χ1) is 12.7. The van der Waals surface area contributed by atoms with Gasteiger partial charge in [-0.2, -0.15) is 0 Å². The number of rotatable bonds is 6. The quantitative estimate of drug-likeness (QED) is 0.657. The fourth-order valence-electron chi connectivity index (χ4n) is 3.15. The van der Waals surface area contributed by atoms with Gasteiger partial charge in [-0.3, -0.25) is 9.59 Å². The lowest BCUT2D eigenvalue weighted by molar-refractivity contribution is -0.127. The lowest BCUT2D eigenvalue weighted by Gasteiger charge is -2.14. The molecule has 3 aromatic rings. The third-order valence-electron chi connectivity index (χ3n) is 4.51. The zero-order valence-corrected chi connectivity index (χ0v) is 15.9. The monoisotopic (exact) mass is 385 g/mol. The van der Waals surface area contributed by atoms with Crippen molar-refractivity contribution in [3.63, 3.8) is 0 Å². The molecule has 134 valence electrons. The van der Waals surface area contributed by atoms with Crippen molar-refractivity contribution in [3.8, 4) is 10.6 Å². The molecule has 4 rings (SSSR count). The number of thiophene rings is 1. The first-order valence-electron chi connectivity index (χ1n) is 8.70. The topological polar surface area (TPSA) is 62.3 Å². The van der Waals surface area contributed by atoms with Gasteiger partial charge < -0.3 is 10.2 Å². The van der Waals surface area contributed by atoms with E-state index in [-0.39, 0.29) is 11.8 Å². The summed E-state index contributed by atoms with van der Waals surface area (Å²) in [6, 6.07) is 8.22. The molecule has 2 aromatic heterocycles. The van der Waals surface area contributed by atoms with Gasteiger partial charge in [0.05, 0.1) is 0 Å². The van der Waals surface area contributed by atoms with Crippen molar-refractivity contribution in [2.75, 3.05) is 19.6 Å². The minimum Gasteiger partial charge on any atom is -0.351 e. The molecular weight excluding hydrogens is 366 g/mol. The Hall–Kier alpha value is -2.25. The van der Waals surface area contributed by atoms with E-state index >= 15 is 0 Å². The second kappa shape index (κ2) is 7.55. The standard InChI is InChI=1S/C19H19N3O2S2/c23-17-7-3-9-22(17)10-4-8-20-18(24)15-12-26-19(21-15)14-11-25-16-6-2-1-5-13(14)16/h1-2,5-6,11-12H,3-4,7-10H2,(H,20,24). The molecule has 0 aliphatic carbocycles. The number of amides is 2. The van der Waals surface area contributed by atoms with Crippen LogP contribution in [-0.2, 0) is 4.79 Å². The van der Waals surface area contributed by atoms with Gasteiger partial charge in [-0.15, -0.1) is 22.7 Å². The van der Waals surface area contributed by atoms with Crippen LogP contribution in [0.4, 0.5) is 0 Å². The average molecular weight is 386 g/mol. The fraction of sp³-hybridized carbons (Fsp3) is 0.316. The minimum absolute atomic E-state index is 0.153. The van der Waals surface area contributed by atoms with E-state index in [4.69, 9.17) is 0 Å². The van der Waals surface area contributed by atoms with Crippen LogP contribution in [0.1, 0.15) is 29.8 Å². The summed E-state index contributed by atoms with van der Waals surface area (Å²) in [4.78, 5) is 30.3. The van der Waals surface area contributed by atoms with E-state index in [1.165, 1.54) is 21.4 Å². The number of aromatic nitrogens is 1. The number of carbonyl (C=O) groups is 2. The van der Waals surface area contributed by atoms with Crippen molar-refractivity contribution in [1.82, 2.24) is 15.2 Å². The van der Waals surface area contributed by atoms with Gasteiger partial charge in [-0.25, -0.2) is 4.98 Å². The third-order valence-corrected chi connectivity index (χ3v) is 6.35. The van der Waals surface area contributed by atoms with Crippen LogP contribution < -0.4 is 5.32 Å². The smallest absolute Gasteiger partial charge is 0.270 e. The number of fused-ring (bicyclic) bond motifs is 1. The van der Waals surface area contributed by atoms with E-state index in [1.54, 1.807) is 16.7 Å². The Morgan fingerprint density at radius 1 is 1.23 bits per heavy atom. The third kappa shape index (κ3) is 3.50. The number of thiazole rings is 1. The van der Waals surface area contributed by atoms with Crippen LogP contribution >= 0.6 is 22.7 Å². The van der Waals surface area contributed by atoms with Crippen LogP contribution in [0.5, 0.6) is 0 Å². The van der Waals surface area contributed by atoms with E-state index in [9.17, 15) is 9.59 Å². The first kappa shape index (κ1) is 17.2. The van der Waals surface area contributed by atoms with Gasteiger partial charge in [0.1, 0.15) is 10.7 Å². The zero-order valence-electron chi connectivity index (χ0n) is 14.2. The molecule has 5 nitrogen and oxygen atoms in total. The van der Waals surface area contributed by atoms with Gasteiger partial charge in [0, 0.05) is 52.5 Å². The summed E-state index contributed by atoms with van der Waals surface area (Å²) in [7, 11) is 0. The molecular formula is C19H19N3O2S2. The number of carbonyl (C=O) groups excluding carboxylic acids is 2. The summed E-state index contributed by atoms with van der Waals surface area (Å²) < 4.78 is 1.22. The number of nitrogens with one attached hydrogen (secondary N) is 1. The fourth-order valence-corrected chi connectivity index (χ4v) is 5.00. The van der Waals surface area contributed by atoms with E-state index in [2.05, 4.69) is 27.8 Å². The van der Waals surface area contributed by atoms with E-state index < -0.39 is 0 Å². The molecule has 1 aliphatic rings. The van der Waals surface area contributed by atoms with Crippen molar-refractivity contribution in [2.45, 2.75) is 19.3 Å². The van der Waals surface area contributed by atoms with Gasteiger partial charge in [0.25, 0.3) is 5.91 Å². The Kier molecular flexibility index (Phi) is 4.99. The SMILES string of the molecule is O=C(NCCCN1CCCC1=O)c1csc(-c2csc3ccccc23)n1. The van der Waals surface area contributed by atoms with Crippen LogP contribution in [-0.4, -0.2) is 41.3 Å². The maximum atomic E-state index is 12.3. The normalized spacial score (nSPS) is 14.3. The molecule has 1 saturated heterocycles. The summed E-state index contributed by atoms with van der Waals surface area (Å²) >= 11 is 3.18. The van der Waals surface area contributed by atoms with Crippen molar-refractivity contribution in [1.29, 1.82) is 0 Å². The van der Waals surface area contributed by atoms with Crippen molar-refractivity contribution < 1.29 is 9.59 Å². The highest BCUT2D eigenvalue weighted by Gasteiger charge is 2.19. The molecule has 1 aromatic carbocycles. The van der Waals surface area contributed by atoms with Crippen molar-refractivity contribution in [2.24, 2.45) is 0 Å². The number of likely N-dealkylation sites (tertiary alicyclic amines) is 1. The molecule has 3 heterocycles. The first-order valence-corrected chi connectivity index (χ1v) is 10.5. The molecule has 26 heavy (non-hydrogen) atoms. The molecule has 2 amide bonds. The second-order valence-corrected chi connectivity index (χ2v) is 8.05. The van der Waals surface area contributed by atoms with Crippen LogP contribution in [0.15, 0.2) is 35.0 Å². The average Bonchev–Trinajstić information content (AvgIpc) is 3.38. The van der Waals surface area contributed by atoms with Gasteiger partial charge in [0.15, 0.2) is 0 Å². The molecule has 0 atom stereocenters. The van der Waals surface area contributed by atoms with Crippen LogP contribution in [0.2, 0.25) is 0 Å². The molecule has 1 N–H and O–H groups in total. The van der Waals surface area contributed by atoms with Gasteiger partial charge in [0.2, 0.25) is 5.91 Å². The van der Waals surface area contributed by atoms with Gasteiger partial charge in [-0.1, -0.05) is 18.2 Å². The molecule has 0 bridgehead atoms. The lowest BCUT2D eigenvalue weighted by atomic mass is 10.2. The molecule has 1 aliphatic heterocycles. The van der Waals surface area contributed by atoms with Crippen LogP contribution in [0.3, 0.4) is 0 Å². The predicted molar refractivity (Wildman–Crippen MR) is 106 cm³/mol. The second-order valence-electron chi connectivity index (χ2n) is 6.28. The zero-order chi connectivity index (χ0) is 17.9. The van der Waals surface area contributed by atoms with Crippen LogP contribution in [0.25, 0.3) is 20.7 Å². The van der Waals surface area contributed by atoms with E-state index in [0.29, 0.717) is 25.2 Å².